The van der Waals surface area contributed by atoms with Crippen LogP contribution in [0.5, 0.6) is 0 Å². The van der Waals surface area contributed by atoms with E-state index in [1.807, 2.05) is 0 Å². The molecule has 0 saturated carbocycles. The molecule has 2 saturated heterocycles. The number of rotatable bonds is 8. The summed E-state index contributed by atoms with van der Waals surface area (Å²) >= 11 is 0. The lowest BCUT2D eigenvalue weighted by molar-refractivity contribution is -0.301. The Bertz CT molecular complexity index is 495. The molecular weight excluding hydrogens is 360 g/mol. The molecule has 6 atom stereocenters. The number of carboxylic acids is 1. The zero-order valence-corrected chi connectivity index (χ0v) is 15.8. The second-order valence-corrected chi connectivity index (χ2v) is 7.48. The minimum absolute atomic E-state index is 0.151. The van der Waals surface area contributed by atoms with Gasteiger partial charge in [0, 0.05) is 6.42 Å². The van der Waals surface area contributed by atoms with Gasteiger partial charge in [0.15, 0.2) is 0 Å². The van der Waals surface area contributed by atoms with Crippen molar-refractivity contribution < 1.29 is 43.9 Å². The summed E-state index contributed by atoms with van der Waals surface area (Å²) in [4.78, 5) is 23.3. The van der Waals surface area contributed by atoms with Gasteiger partial charge in [-0.1, -0.05) is 26.7 Å². The SMILES string of the molecule is CC(C)CCCCC(=O)O[C@H]1O[C@@H](CO)[C@@H](O)[C@H]2OC[C@H](C(=O)O)CO[C@H]12. The van der Waals surface area contributed by atoms with E-state index in [2.05, 4.69) is 13.8 Å². The van der Waals surface area contributed by atoms with E-state index >= 15 is 0 Å². The normalized spacial score (nSPS) is 34.0. The van der Waals surface area contributed by atoms with E-state index < -0.39 is 55.2 Å². The first-order chi connectivity index (χ1) is 12.8. The van der Waals surface area contributed by atoms with Crippen molar-refractivity contribution in [3.63, 3.8) is 0 Å². The summed E-state index contributed by atoms with van der Waals surface area (Å²) in [6, 6.07) is 0. The second-order valence-electron chi connectivity index (χ2n) is 7.48. The Hall–Kier alpha value is -1.26. The van der Waals surface area contributed by atoms with Crippen LogP contribution < -0.4 is 0 Å². The number of fused-ring (bicyclic) bond motifs is 1. The van der Waals surface area contributed by atoms with Crippen molar-refractivity contribution in [1.29, 1.82) is 0 Å². The van der Waals surface area contributed by atoms with Crippen LogP contribution in [-0.2, 0) is 28.5 Å². The second kappa shape index (κ2) is 10.3. The molecule has 0 aromatic rings. The molecule has 2 heterocycles. The summed E-state index contributed by atoms with van der Waals surface area (Å²) in [6.45, 7) is 3.42. The lowest BCUT2D eigenvalue weighted by Crippen LogP contribution is -2.60. The summed E-state index contributed by atoms with van der Waals surface area (Å²) < 4.78 is 21.9. The third kappa shape index (κ3) is 6.11. The van der Waals surface area contributed by atoms with Crippen molar-refractivity contribution >= 4 is 11.9 Å². The standard InChI is InChI=1S/C18H30O9/c1-10(2)5-3-4-6-13(20)27-18-16-15(14(21)12(7-19)26-18)24-8-11(9-25-16)17(22)23/h10-12,14-16,18-19,21H,3-9H2,1-2H3,(H,22,23)/t11-,12-,14+,15+,16-,18+/m0/s1. The number of carboxylic acid groups (broad SMARTS) is 1. The lowest BCUT2D eigenvalue weighted by atomic mass is 9.99. The fourth-order valence-electron chi connectivity index (χ4n) is 3.16. The van der Waals surface area contributed by atoms with E-state index in [9.17, 15) is 19.8 Å². The minimum Gasteiger partial charge on any atom is -0.481 e. The van der Waals surface area contributed by atoms with Crippen molar-refractivity contribution in [1.82, 2.24) is 0 Å². The maximum Gasteiger partial charge on any atom is 0.311 e. The smallest absolute Gasteiger partial charge is 0.311 e. The zero-order valence-electron chi connectivity index (χ0n) is 15.8. The highest BCUT2D eigenvalue weighted by molar-refractivity contribution is 5.70. The van der Waals surface area contributed by atoms with Gasteiger partial charge in [0.25, 0.3) is 0 Å². The van der Waals surface area contributed by atoms with E-state index in [1.165, 1.54) is 0 Å². The largest absolute Gasteiger partial charge is 0.481 e. The molecule has 2 aliphatic rings. The molecule has 2 aliphatic heterocycles. The first-order valence-electron chi connectivity index (χ1n) is 9.43. The Kier molecular flexibility index (Phi) is 8.43. The molecule has 0 spiro atoms. The van der Waals surface area contributed by atoms with Crippen molar-refractivity contribution in [2.24, 2.45) is 11.8 Å². The Balaban J connectivity index is 1.98. The molecule has 0 aromatic carbocycles. The number of esters is 1. The van der Waals surface area contributed by atoms with E-state index in [1.54, 1.807) is 0 Å². The van der Waals surface area contributed by atoms with Crippen LogP contribution in [0.3, 0.4) is 0 Å². The molecule has 3 N–H and O–H groups in total. The quantitative estimate of drug-likeness (QED) is 0.396. The minimum atomic E-state index is -1.23. The number of carbonyl (C=O) groups is 2. The number of aliphatic carboxylic acids is 1. The highest BCUT2D eigenvalue weighted by atomic mass is 16.7. The van der Waals surface area contributed by atoms with Crippen molar-refractivity contribution in [2.75, 3.05) is 19.8 Å². The molecule has 0 aliphatic carbocycles. The van der Waals surface area contributed by atoms with Gasteiger partial charge >= 0.3 is 11.9 Å². The zero-order chi connectivity index (χ0) is 20.0. The number of aliphatic hydroxyl groups is 2. The first-order valence-corrected chi connectivity index (χ1v) is 9.43. The van der Waals surface area contributed by atoms with Crippen LogP contribution in [0.2, 0.25) is 0 Å². The van der Waals surface area contributed by atoms with Crippen molar-refractivity contribution in [3.8, 4) is 0 Å². The number of hydrogen-bond donors (Lipinski definition) is 3. The molecule has 0 unspecified atom stereocenters. The van der Waals surface area contributed by atoms with Gasteiger partial charge in [-0.3, -0.25) is 9.59 Å². The first kappa shape index (κ1) is 22.0. The maximum atomic E-state index is 12.1. The van der Waals surface area contributed by atoms with E-state index in [-0.39, 0.29) is 19.6 Å². The number of hydrogen-bond acceptors (Lipinski definition) is 8. The van der Waals surface area contributed by atoms with Gasteiger partial charge in [-0.25, -0.2) is 0 Å². The molecule has 0 amide bonds. The van der Waals surface area contributed by atoms with Crippen LogP contribution in [0.4, 0.5) is 0 Å². The fraction of sp³-hybridized carbons (Fsp3) is 0.889. The third-order valence-corrected chi connectivity index (χ3v) is 4.79. The van der Waals surface area contributed by atoms with Crippen LogP contribution in [0.15, 0.2) is 0 Å². The van der Waals surface area contributed by atoms with Crippen molar-refractivity contribution in [2.45, 2.75) is 70.2 Å². The van der Waals surface area contributed by atoms with Gasteiger partial charge < -0.3 is 34.3 Å². The van der Waals surface area contributed by atoms with Crippen LogP contribution in [0, 0.1) is 11.8 Å². The molecule has 2 fully saturated rings. The number of unbranched alkanes of at least 4 members (excludes halogenated alkanes) is 1. The maximum absolute atomic E-state index is 12.1. The summed E-state index contributed by atoms with van der Waals surface area (Å²) in [6.07, 6.45) is -2.53. The highest BCUT2D eigenvalue weighted by Gasteiger charge is 2.50. The summed E-state index contributed by atoms with van der Waals surface area (Å²) in [5, 5.41) is 28.9. The van der Waals surface area contributed by atoms with Gasteiger partial charge in [-0.2, -0.15) is 0 Å². The highest BCUT2D eigenvalue weighted by Crippen LogP contribution is 2.30. The molecule has 27 heavy (non-hydrogen) atoms. The summed E-state index contributed by atoms with van der Waals surface area (Å²) in [5.41, 5.74) is 0. The predicted octanol–water partition coefficient (Wildman–Crippen LogP) is 0.309. The Morgan fingerprint density at radius 2 is 1.81 bits per heavy atom. The predicted molar refractivity (Wildman–Crippen MR) is 91.8 cm³/mol. The molecule has 9 nitrogen and oxygen atoms in total. The van der Waals surface area contributed by atoms with Crippen LogP contribution in [0.1, 0.15) is 39.5 Å². The van der Waals surface area contributed by atoms with E-state index in [0.717, 1.165) is 12.8 Å². The Labute approximate surface area is 158 Å². The molecule has 0 bridgehead atoms. The van der Waals surface area contributed by atoms with Gasteiger partial charge in [0.05, 0.1) is 19.8 Å². The molecule has 2 rings (SSSR count). The Morgan fingerprint density at radius 3 is 2.41 bits per heavy atom. The molecule has 9 heteroatoms. The number of aliphatic hydroxyl groups excluding tert-OH is 2. The van der Waals surface area contributed by atoms with Gasteiger partial charge in [-0.05, 0) is 12.3 Å². The third-order valence-electron chi connectivity index (χ3n) is 4.79. The van der Waals surface area contributed by atoms with Gasteiger partial charge in [0.2, 0.25) is 6.29 Å². The van der Waals surface area contributed by atoms with Gasteiger partial charge in [-0.15, -0.1) is 0 Å². The number of ether oxygens (including phenoxy) is 4. The fourth-order valence-corrected chi connectivity index (χ4v) is 3.16. The van der Waals surface area contributed by atoms with Crippen LogP contribution in [-0.4, -0.2) is 77.8 Å². The van der Waals surface area contributed by atoms with E-state index in [0.29, 0.717) is 12.3 Å². The number of carbonyl (C=O) groups excluding carboxylic acids is 1. The van der Waals surface area contributed by atoms with E-state index in [4.69, 9.17) is 24.1 Å². The van der Waals surface area contributed by atoms with Crippen molar-refractivity contribution in [3.05, 3.63) is 0 Å². The lowest BCUT2D eigenvalue weighted by Gasteiger charge is -2.42. The monoisotopic (exact) mass is 390 g/mol. The topological polar surface area (TPSA) is 132 Å². The summed E-state index contributed by atoms with van der Waals surface area (Å²) in [7, 11) is 0. The van der Waals surface area contributed by atoms with Crippen LogP contribution in [0.25, 0.3) is 0 Å². The Morgan fingerprint density at radius 1 is 1.15 bits per heavy atom. The summed E-state index contributed by atoms with van der Waals surface area (Å²) in [5.74, 6) is -1.89. The van der Waals surface area contributed by atoms with Crippen LogP contribution >= 0.6 is 0 Å². The molecule has 156 valence electrons. The molecule has 0 radical (unpaired) electrons. The molecule has 0 aromatic heterocycles. The molecular formula is C18H30O9. The average Bonchev–Trinajstić information content (AvgIpc) is 2.84. The average molecular weight is 390 g/mol. The van der Waals surface area contributed by atoms with Gasteiger partial charge in [0.1, 0.15) is 30.3 Å².